The number of hydrogen-bond acceptors (Lipinski definition) is 8. The zero-order valence-electron chi connectivity index (χ0n) is 12.0. The van der Waals surface area contributed by atoms with Gasteiger partial charge in [0.1, 0.15) is 11.6 Å². The van der Waals surface area contributed by atoms with Crippen LogP contribution in [0.5, 0.6) is 0 Å². The van der Waals surface area contributed by atoms with E-state index in [2.05, 4.69) is 4.89 Å². The Hall–Kier alpha value is 0.619. The third-order valence-corrected chi connectivity index (χ3v) is 1.15. The van der Waals surface area contributed by atoms with Gasteiger partial charge in [-0.05, 0) is 13.8 Å². The molecular formula is C10H22Co3O8-2. The van der Waals surface area contributed by atoms with Gasteiger partial charge in [0.05, 0.1) is 0 Å². The summed E-state index contributed by atoms with van der Waals surface area (Å²) < 4.78 is 0. The number of Topliss-reactive ketones (excluding diaryl/α,β-unsaturated/α-hetero) is 2. The average molecular weight is 447 g/mol. The van der Waals surface area contributed by atoms with Gasteiger partial charge in [-0.15, -0.1) is 6.42 Å². The quantitative estimate of drug-likeness (QED) is 0.245. The zero-order chi connectivity index (χ0) is 15.6. The second kappa shape index (κ2) is 42.8. The van der Waals surface area contributed by atoms with E-state index < -0.39 is 0 Å². The van der Waals surface area contributed by atoms with Crippen molar-refractivity contribution in [3.05, 3.63) is 12.5 Å². The molecule has 0 heterocycles. The second-order valence-corrected chi connectivity index (χ2v) is 2.99. The summed E-state index contributed by atoms with van der Waals surface area (Å²) in [6.45, 7) is 6.44. The van der Waals surface area contributed by atoms with Crippen molar-refractivity contribution in [3.8, 4) is 0 Å². The molecule has 8 nitrogen and oxygen atoms in total. The molecule has 3 radical (unpaired) electrons. The maximum Gasteiger partial charge on any atom is 0.102 e. The van der Waals surface area contributed by atoms with Crippen molar-refractivity contribution in [2.24, 2.45) is 0 Å². The molecule has 0 rings (SSSR count). The minimum absolute atomic E-state index is 0. The van der Waals surface area contributed by atoms with Crippen molar-refractivity contribution < 1.29 is 91.1 Å². The first-order valence-corrected chi connectivity index (χ1v) is 4.74. The summed E-state index contributed by atoms with van der Waals surface area (Å²) >= 11 is 0. The molecule has 5 N–H and O–H groups in total. The van der Waals surface area contributed by atoms with E-state index in [0.717, 1.165) is 0 Å². The van der Waals surface area contributed by atoms with Crippen LogP contribution in [0.3, 0.4) is 0 Å². The van der Waals surface area contributed by atoms with Crippen LogP contribution in [0.4, 0.5) is 0 Å². The van der Waals surface area contributed by atoms with Gasteiger partial charge in [-0.3, -0.25) is 26.3 Å². The summed E-state index contributed by atoms with van der Waals surface area (Å²) in [6, 6.07) is 0. The third-order valence-electron chi connectivity index (χ3n) is 1.15. The molecule has 0 aromatic heterocycles. The molecule has 0 aromatic carbocycles. The molecule has 0 aliphatic heterocycles. The Balaban J connectivity index is -0.0000000274. The molecule has 139 valence electrons. The predicted octanol–water partition coefficient (Wildman–Crippen LogP) is 2.22. The number of rotatable bonds is 5. The van der Waals surface area contributed by atoms with E-state index in [-0.39, 0.29) is 68.3 Å². The van der Waals surface area contributed by atoms with E-state index in [0.29, 0.717) is 12.5 Å². The van der Waals surface area contributed by atoms with Gasteiger partial charge in [0.2, 0.25) is 0 Å². The van der Waals surface area contributed by atoms with Crippen LogP contribution in [0.25, 0.3) is 0 Å². The largest absolute Gasteiger partial charge is 0.412 e. The fourth-order valence-electron chi connectivity index (χ4n) is 0.670. The number of carbonyl (C=O) groups is 2. The molecule has 0 saturated carbocycles. The monoisotopic (exact) mass is 447 g/mol. The maximum absolute atomic E-state index is 10.2. The first-order valence-electron chi connectivity index (χ1n) is 4.74. The summed E-state index contributed by atoms with van der Waals surface area (Å²) in [4.78, 5) is 24.0. The summed E-state index contributed by atoms with van der Waals surface area (Å²) in [5, 5.41) is 31.9. The number of ketones is 2. The Morgan fingerprint density at radius 3 is 1.38 bits per heavy atom. The van der Waals surface area contributed by atoms with Crippen molar-refractivity contribution >= 4 is 11.6 Å². The van der Waals surface area contributed by atoms with Crippen LogP contribution in [0.15, 0.2) is 0 Å². The van der Waals surface area contributed by atoms with Gasteiger partial charge in [-0.2, -0.15) is 20.0 Å². The molecule has 0 bridgehead atoms. The first kappa shape index (κ1) is 43.0. The molecular weight excluding hydrogens is 425 g/mol. The first-order chi connectivity index (χ1) is 8.43. The molecule has 11 heteroatoms. The molecule has 0 unspecified atom stereocenters. The average Bonchev–Trinajstić information content (AvgIpc) is 2.34. The van der Waals surface area contributed by atoms with E-state index in [1.807, 2.05) is 13.3 Å². The van der Waals surface area contributed by atoms with Crippen LogP contribution in [-0.4, -0.2) is 37.9 Å². The van der Waals surface area contributed by atoms with Crippen LogP contribution in [0.2, 0.25) is 0 Å². The number of hydrogen-bond donors (Lipinski definition) is 5. The van der Waals surface area contributed by atoms with Crippen molar-refractivity contribution in [3.63, 3.8) is 0 Å². The molecule has 0 amide bonds. The zero-order valence-corrected chi connectivity index (χ0v) is 15.1. The van der Waals surface area contributed by atoms with Crippen LogP contribution in [0.1, 0.15) is 40.5 Å². The van der Waals surface area contributed by atoms with Crippen molar-refractivity contribution in [2.45, 2.75) is 40.5 Å². The smallest absolute Gasteiger partial charge is 0.102 e. The summed E-state index contributed by atoms with van der Waals surface area (Å²) in [5.74, 6) is 0.217. The van der Waals surface area contributed by atoms with Gasteiger partial charge in [0.15, 0.2) is 0 Å². The van der Waals surface area contributed by atoms with Crippen LogP contribution in [0, 0.1) is 12.5 Å². The molecule has 0 aliphatic rings. The van der Waals surface area contributed by atoms with Crippen LogP contribution >= 0.6 is 0 Å². The molecule has 21 heavy (non-hydrogen) atoms. The Morgan fingerprint density at radius 1 is 1.00 bits per heavy atom. The van der Waals surface area contributed by atoms with Crippen molar-refractivity contribution in [2.75, 3.05) is 0 Å². The Morgan fingerprint density at radius 2 is 1.33 bits per heavy atom. The van der Waals surface area contributed by atoms with Crippen LogP contribution < -0.4 is 0 Å². The Bertz CT molecular complexity index is 184. The van der Waals surface area contributed by atoms with Gasteiger partial charge in [0, 0.05) is 50.3 Å². The molecule has 0 aliphatic carbocycles. The van der Waals surface area contributed by atoms with Crippen molar-refractivity contribution in [1.29, 1.82) is 0 Å². The standard InChI is InChI=1S/C5H9O3.C5H9O.3Co.2H2O2/c1-4(6)3-5(2)8-7;1-3-4-5(2)6;;;;2*1-2/h7H,3H2,1-2H3;3H,4H2,1-2H3;;;;2*1-2H/q2*-1;;;;;. The topological polar surface area (TPSA) is 145 Å². The Kier molecular flexibility index (Phi) is 87.6. The Labute approximate surface area is 155 Å². The fraction of sp³-hybridized carbons (Fsp3) is 0.600. The second-order valence-electron chi connectivity index (χ2n) is 2.99. The molecule has 0 aromatic rings. The van der Waals surface area contributed by atoms with Gasteiger partial charge in [0.25, 0.3) is 0 Å². The molecule has 0 saturated heterocycles. The minimum atomic E-state index is -0.0171. The normalized spacial score (nSPS) is 6.76. The third kappa shape index (κ3) is 77.3. The number of carbonyl (C=O) groups excluding carboxylic acids is 2. The SMILES string of the molecule is CC(=O)C[C-](C)OO.C[CH-]CC(C)=O.OO.OO.[Co].[Co].[Co]. The minimum Gasteiger partial charge on any atom is -0.412 e. The van der Waals surface area contributed by atoms with Gasteiger partial charge in [-0.25, -0.2) is 0 Å². The van der Waals surface area contributed by atoms with E-state index in [9.17, 15) is 9.59 Å². The summed E-state index contributed by atoms with van der Waals surface area (Å²) in [7, 11) is 0. The van der Waals surface area contributed by atoms with Crippen LogP contribution in [-0.2, 0) is 64.8 Å². The van der Waals surface area contributed by atoms with E-state index in [1.165, 1.54) is 6.92 Å². The van der Waals surface area contributed by atoms with Gasteiger partial charge in [-0.1, -0.05) is 6.42 Å². The van der Waals surface area contributed by atoms with Gasteiger partial charge >= 0.3 is 0 Å². The van der Waals surface area contributed by atoms with Gasteiger partial charge < -0.3 is 20.9 Å². The molecule has 0 atom stereocenters. The molecule has 0 fully saturated rings. The predicted molar refractivity (Wildman–Crippen MR) is 63.7 cm³/mol. The van der Waals surface area contributed by atoms with Crippen molar-refractivity contribution in [1.82, 2.24) is 0 Å². The van der Waals surface area contributed by atoms with E-state index in [4.69, 9.17) is 26.3 Å². The van der Waals surface area contributed by atoms with E-state index >= 15 is 0 Å². The summed E-state index contributed by atoms with van der Waals surface area (Å²) in [5.41, 5.74) is 0. The molecule has 0 spiro atoms. The fourth-order valence-corrected chi connectivity index (χ4v) is 0.670. The summed E-state index contributed by atoms with van der Waals surface area (Å²) in [6.07, 6.45) is 2.98. The van der Waals surface area contributed by atoms with E-state index in [1.54, 1.807) is 13.8 Å². The maximum atomic E-state index is 10.2.